The van der Waals surface area contributed by atoms with Gasteiger partial charge in [-0.15, -0.1) is 0 Å². The molecular weight excluding hydrogens is 314 g/mol. The molecule has 3 nitrogen and oxygen atoms in total. The van der Waals surface area contributed by atoms with Gasteiger partial charge in [-0.1, -0.05) is 12.1 Å². The maximum Gasteiger partial charge on any atom is 0.0739 e. The Balaban J connectivity index is 2.31. The number of aryl methyl sites for hydroxylation is 3. The number of rotatable bonds is 5. The van der Waals surface area contributed by atoms with Gasteiger partial charge in [-0.05, 0) is 61.3 Å². The van der Waals surface area contributed by atoms with Crippen LogP contribution in [0.25, 0.3) is 0 Å². The molecule has 0 amide bonds. The van der Waals surface area contributed by atoms with E-state index in [0.717, 1.165) is 29.8 Å². The molecule has 0 aliphatic heterocycles. The molecule has 0 bridgehead atoms. The van der Waals surface area contributed by atoms with Crippen molar-refractivity contribution in [2.75, 3.05) is 11.4 Å². The Kier molecular flexibility index (Phi) is 4.86. The predicted octanol–water partition coefficient (Wildman–Crippen LogP) is 4.31. The second-order valence-electron chi connectivity index (χ2n) is 5.02. The lowest BCUT2D eigenvalue weighted by Gasteiger charge is -2.24. The summed E-state index contributed by atoms with van der Waals surface area (Å²) in [6, 6.07) is 8.65. The van der Waals surface area contributed by atoms with E-state index in [1.165, 1.54) is 16.9 Å². The Hall–Kier alpha value is -1.29. The standard InChI is InChI=1S/C16H22BrN3/c1-5-19(14-9-7-8-12(3)10-14)11-15-16(17)13(4)18-20(15)6-2/h7-10H,5-6,11H2,1-4H3. The van der Waals surface area contributed by atoms with Gasteiger partial charge >= 0.3 is 0 Å². The van der Waals surface area contributed by atoms with Crippen LogP contribution < -0.4 is 4.90 Å². The van der Waals surface area contributed by atoms with Gasteiger partial charge in [0.15, 0.2) is 0 Å². The molecule has 0 unspecified atom stereocenters. The van der Waals surface area contributed by atoms with E-state index in [4.69, 9.17) is 0 Å². The quantitative estimate of drug-likeness (QED) is 0.811. The Bertz CT molecular complexity index is 589. The van der Waals surface area contributed by atoms with Crippen molar-refractivity contribution in [1.29, 1.82) is 0 Å². The predicted molar refractivity (Wildman–Crippen MR) is 88.2 cm³/mol. The van der Waals surface area contributed by atoms with Gasteiger partial charge in [0.1, 0.15) is 0 Å². The molecule has 0 N–H and O–H groups in total. The molecule has 4 heteroatoms. The molecule has 0 saturated carbocycles. The van der Waals surface area contributed by atoms with Crippen LogP contribution in [0.4, 0.5) is 5.69 Å². The molecule has 2 aromatic rings. The van der Waals surface area contributed by atoms with Crippen LogP contribution in [0.1, 0.15) is 30.8 Å². The largest absolute Gasteiger partial charge is 0.366 e. The van der Waals surface area contributed by atoms with E-state index < -0.39 is 0 Å². The summed E-state index contributed by atoms with van der Waals surface area (Å²) in [5, 5.41) is 4.57. The molecule has 1 aromatic heterocycles. The zero-order valence-electron chi connectivity index (χ0n) is 12.7. The van der Waals surface area contributed by atoms with Crippen molar-refractivity contribution in [2.24, 2.45) is 0 Å². The molecule has 2 rings (SSSR count). The van der Waals surface area contributed by atoms with E-state index in [1.807, 2.05) is 6.92 Å². The SMILES string of the molecule is CCN(Cc1c(Br)c(C)nn1CC)c1cccc(C)c1. The molecule has 0 fully saturated rings. The fourth-order valence-electron chi connectivity index (χ4n) is 2.41. The highest BCUT2D eigenvalue weighted by Gasteiger charge is 2.15. The Morgan fingerprint density at radius 1 is 1.25 bits per heavy atom. The summed E-state index contributed by atoms with van der Waals surface area (Å²) in [4.78, 5) is 2.38. The Morgan fingerprint density at radius 3 is 2.60 bits per heavy atom. The molecule has 0 aliphatic carbocycles. The number of anilines is 1. The van der Waals surface area contributed by atoms with Gasteiger partial charge in [-0.25, -0.2) is 0 Å². The number of hydrogen-bond acceptors (Lipinski definition) is 2. The highest BCUT2D eigenvalue weighted by atomic mass is 79.9. The molecule has 0 radical (unpaired) electrons. The van der Waals surface area contributed by atoms with Crippen molar-refractivity contribution in [3.63, 3.8) is 0 Å². The zero-order chi connectivity index (χ0) is 14.7. The maximum atomic E-state index is 4.57. The van der Waals surface area contributed by atoms with Crippen molar-refractivity contribution in [3.05, 3.63) is 45.7 Å². The minimum absolute atomic E-state index is 0.870. The van der Waals surface area contributed by atoms with Crippen LogP contribution in [0.5, 0.6) is 0 Å². The number of hydrogen-bond donors (Lipinski definition) is 0. The lowest BCUT2D eigenvalue weighted by Crippen LogP contribution is -2.24. The molecule has 20 heavy (non-hydrogen) atoms. The molecular formula is C16H22BrN3. The topological polar surface area (TPSA) is 21.1 Å². The first-order chi connectivity index (χ1) is 9.56. The molecule has 1 aromatic carbocycles. The molecule has 0 saturated heterocycles. The van der Waals surface area contributed by atoms with E-state index in [9.17, 15) is 0 Å². The highest BCUT2D eigenvalue weighted by molar-refractivity contribution is 9.10. The summed E-state index contributed by atoms with van der Waals surface area (Å²) in [5.74, 6) is 0. The fourth-order valence-corrected chi connectivity index (χ4v) is 2.82. The van der Waals surface area contributed by atoms with E-state index in [0.29, 0.717) is 0 Å². The van der Waals surface area contributed by atoms with Gasteiger partial charge in [0.05, 0.1) is 22.4 Å². The third-order valence-corrected chi connectivity index (χ3v) is 4.57. The summed E-state index contributed by atoms with van der Waals surface area (Å²) < 4.78 is 3.21. The smallest absolute Gasteiger partial charge is 0.0739 e. The summed E-state index contributed by atoms with van der Waals surface area (Å²) in [6.07, 6.45) is 0. The van der Waals surface area contributed by atoms with Crippen molar-refractivity contribution >= 4 is 21.6 Å². The number of aromatic nitrogens is 2. The molecule has 1 heterocycles. The van der Waals surface area contributed by atoms with Crippen LogP contribution in [0.3, 0.4) is 0 Å². The summed E-state index contributed by atoms with van der Waals surface area (Å²) in [5.41, 5.74) is 4.86. The second kappa shape index (κ2) is 6.44. The molecule has 0 atom stereocenters. The fraction of sp³-hybridized carbons (Fsp3) is 0.438. The third-order valence-electron chi connectivity index (χ3n) is 3.54. The Labute approximate surface area is 129 Å². The van der Waals surface area contributed by atoms with Gasteiger partial charge in [0, 0.05) is 18.8 Å². The van der Waals surface area contributed by atoms with Crippen LogP contribution in [0.15, 0.2) is 28.7 Å². The summed E-state index contributed by atoms with van der Waals surface area (Å²) in [7, 11) is 0. The van der Waals surface area contributed by atoms with Crippen LogP contribution in [0, 0.1) is 13.8 Å². The monoisotopic (exact) mass is 335 g/mol. The van der Waals surface area contributed by atoms with Crippen LogP contribution >= 0.6 is 15.9 Å². The van der Waals surface area contributed by atoms with Crippen molar-refractivity contribution < 1.29 is 0 Å². The number of halogens is 1. The second-order valence-corrected chi connectivity index (χ2v) is 5.81. The summed E-state index contributed by atoms with van der Waals surface area (Å²) in [6.45, 7) is 11.2. The lowest BCUT2D eigenvalue weighted by molar-refractivity contribution is 0.607. The van der Waals surface area contributed by atoms with E-state index in [1.54, 1.807) is 0 Å². The minimum atomic E-state index is 0.870. The van der Waals surface area contributed by atoms with Crippen molar-refractivity contribution in [1.82, 2.24) is 9.78 Å². The zero-order valence-corrected chi connectivity index (χ0v) is 14.2. The third kappa shape index (κ3) is 3.06. The van der Waals surface area contributed by atoms with E-state index >= 15 is 0 Å². The van der Waals surface area contributed by atoms with Gasteiger partial charge in [-0.3, -0.25) is 4.68 Å². The van der Waals surface area contributed by atoms with Gasteiger partial charge in [-0.2, -0.15) is 5.10 Å². The van der Waals surface area contributed by atoms with E-state index in [2.05, 4.69) is 75.6 Å². The summed E-state index contributed by atoms with van der Waals surface area (Å²) >= 11 is 3.68. The first kappa shape index (κ1) is 15.1. The molecule has 108 valence electrons. The van der Waals surface area contributed by atoms with Crippen LogP contribution in [-0.2, 0) is 13.1 Å². The van der Waals surface area contributed by atoms with Crippen LogP contribution in [0.2, 0.25) is 0 Å². The van der Waals surface area contributed by atoms with Gasteiger partial charge < -0.3 is 4.90 Å². The van der Waals surface area contributed by atoms with E-state index in [-0.39, 0.29) is 0 Å². The van der Waals surface area contributed by atoms with Crippen molar-refractivity contribution in [2.45, 2.75) is 40.8 Å². The number of benzene rings is 1. The average Bonchev–Trinajstić information content (AvgIpc) is 2.71. The highest BCUT2D eigenvalue weighted by Crippen LogP contribution is 2.25. The maximum absolute atomic E-state index is 4.57. The van der Waals surface area contributed by atoms with Gasteiger partial charge in [0.2, 0.25) is 0 Å². The Morgan fingerprint density at radius 2 is 2.00 bits per heavy atom. The normalized spacial score (nSPS) is 10.8. The average molecular weight is 336 g/mol. The number of nitrogens with zero attached hydrogens (tertiary/aromatic N) is 3. The molecule has 0 aliphatic rings. The minimum Gasteiger partial charge on any atom is -0.366 e. The molecule has 0 spiro atoms. The van der Waals surface area contributed by atoms with Crippen molar-refractivity contribution in [3.8, 4) is 0 Å². The lowest BCUT2D eigenvalue weighted by atomic mass is 10.2. The van der Waals surface area contributed by atoms with Gasteiger partial charge in [0.25, 0.3) is 0 Å². The first-order valence-electron chi connectivity index (χ1n) is 7.10. The first-order valence-corrected chi connectivity index (χ1v) is 7.89. The van der Waals surface area contributed by atoms with Crippen LogP contribution in [-0.4, -0.2) is 16.3 Å².